The quantitative estimate of drug-likeness (QED) is 0.422. The fourth-order valence-corrected chi connectivity index (χ4v) is 3.70. The number of nitriles is 1. The monoisotopic (exact) mass is 523 g/mol. The third-order valence-electron chi connectivity index (χ3n) is 4.88. The smallest absolute Gasteiger partial charge is 0.481 e. The summed E-state index contributed by atoms with van der Waals surface area (Å²) in [5, 5.41) is 27.2. The number of carboxylic acid groups (broad SMARTS) is 1. The van der Waals surface area contributed by atoms with Crippen LogP contribution in [0.15, 0.2) is 24.3 Å². The standard InChI is InChI=1S/C22H20F3N5O5S/c1-12-16(27-18(36-12)13-4-6-14(7-5-13)22(23,24)25)17-15(10-26)28-30(29-17)8-9-34-20(33)35-11-21(2,3)19(31)32/h4-7H,8-9,11H2,1-3H3,(H,31,32). The molecule has 0 amide bonds. The third kappa shape index (κ3) is 6.16. The number of hydrogen-bond donors (Lipinski definition) is 1. The zero-order valence-corrected chi connectivity index (χ0v) is 20.1. The fourth-order valence-electron chi connectivity index (χ4n) is 2.78. The molecule has 0 unspecified atom stereocenters. The van der Waals surface area contributed by atoms with Crippen LogP contribution in [0, 0.1) is 23.7 Å². The summed E-state index contributed by atoms with van der Waals surface area (Å²) in [6, 6.07) is 6.50. The van der Waals surface area contributed by atoms with Gasteiger partial charge in [-0.25, -0.2) is 9.78 Å². The zero-order chi connectivity index (χ0) is 26.7. The van der Waals surface area contributed by atoms with Gasteiger partial charge in [0.05, 0.1) is 17.5 Å². The molecule has 0 aliphatic heterocycles. The molecule has 0 fully saturated rings. The largest absolute Gasteiger partial charge is 0.508 e. The first-order chi connectivity index (χ1) is 16.8. The van der Waals surface area contributed by atoms with Crippen LogP contribution in [0.25, 0.3) is 22.0 Å². The number of carboxylic acids is 1. The molecule has 0 aliphatic carbocycles. The Kier molecular flexibility index (Phi) is 7.63. The van der Waals surface area contributed by atoms with Gasteiger partial charge in [0.15, 0.2) is 11.4 Å². The summed E-state index contributed by atoms with van der Waals surface area (Å²) >= 11 is 1.23. The SMILES string of the molecule is Cc1sc(-c2ccc(C(F)(F)F)cc2)nc1-c1nn(CCOC(=O)OCC(C)(C)C(=O)O)nc1C#N. The first-order valence-corrected chi connectivity index (χ1v) is 11.2. The fraction of sp³-hybridized carbons (Fsp3) is 0.364. The second-order valence-electron chi connectivity index (χ2n) is 8.18. The van der Waals surface area contributed by atoms with Crippen molar-refractivity contribution < 1.29 is 37.3 Å². The van der Waals surface area contributed by atoms with Crippen molar-refractivity contribution in [2.75, 3.05) is 13.2 Å². The Morgan fingerprint density at radius 1 is 1.14 bits per heavy atom. The van der Waals surface area contributed by atoms with E-state index < -0.39 is 29.3 Å². The van der Waals surface area contributed by atoms with Crippen molar-refractivity contribution >= 4 is 23.5 Å². The van der Waals surface area contributed by atoms with E-state index in [1.54, 1.807) is 6.92 Å². The molecule has 0 aliphatic rings. The second-order valence-corrected chi connectivity index (χ2v) is 9.38. The molecule has 0 spiro atoms. The van der Waals surface area contributed by atoms with Crippen LogP contribution in [0.5, 0.6) is 0 Å². The number of carbonyl (C=O) groups excluding carboxylic acids is 1. The maximum absolute atomic E-state index is 12.8. The number of hydrogen-bond acceptors (Lipinski definition) is 9. The molecule has 0 atom stereocenters. The molecule has 0 radical (unpaired) electrons. The third-order valence-corrected chi connectivity index (χ3v) is 5.90. The topological polar surface area (TPSA) is 140 Å². The molecule has 10 nitrogen and oxygen atoms in total. The number of aliphatic carboxylic acids is 1. The minimum atomic E-state index is -4.45. The predicted molar refractivity (Wildman–Crippen MR) is 120 cm³/mol. The molecule has 1 aromatic carbocycles. The van der Waals surface area contributed by atoms with E-state index in [0.717, 1.165) is 16.9 Å². The van der Waals surface area contributed by atoms with Gasteiger partial charge in [0.2, 0.25) is 0 Å². The highest BCUT2D eigenvalue weighted by molar-refractivity contribution is 7.15. The lowest BCUT2D eigenvalue weighted by Gasteiger charge is -2.18. The lowest BCUT2D eigenvalue weighted by atomic mass is 9.95. The van der Waals surface area contributed by atoms with E-state index in [2.05, 4.69) is 15.2 Å². The number of thiazole rings is 1. The van der Waals surface area contributed by atoms with E-state index in [0.29, 0.717) is 21.1 Å². The highest BCUT2D eigenvalue weighted by Crippen LogP contribution is 2.35. The van der Waals surface area contributed by atoms with Gasteiger partial charge in [0.25, 0.3) is 0 Å². The van der Waals surface area contributed by atoms with Gasteiger partial charge < -0.3 is 14.6 Å². The predicted octanol–water partition coefficient (Wildman–Crippen LogP) is 4.53. The van der Waals surface area contributed by atoms with E-state index >= 15 is 0 Å². The first kappa shape index (κ1) is 26.6. The number of rotatable bonds is 8. The molecular formula is C22H20F3N5O5S. The van der Waals surface area contributed by atoms with Crippen molar-refractivity contribution in [3.8, 4) is 28.0 Å². The van der Waals surface area contributed by atoms with Crippen molar-refractivity contribution in [2.45, 2.75) is 33.5 Å². The summed E-state index contributed by atoms with van der Waals surface area (Å²) in [6.07, 6.45) is -5.51. The number of ether oxygens (including phenoxy) is 2. The van der Waals surface area contributed by atoms with Crippen molar-refractivity contribution in [3.05, 3.63) is 40.4 Å². The molecule has 14 heteroatoms. The normalized spacial score (nSPS) is 11.7. The van der Waals surface area contributed by atoms with Crippen LogP contribution in [0.3, 0.4) is 0 Å². The Hall–Kier alpha value is -3.99. The molecule has 0 bridgehead atoms. The van der Waals surface area contributed by atoms with Gasteiger partial charge in [0, 0.05) is 10.4 Å². The van der Waals surface area contributed by atoms with Gasteiger partial charge in [-0.2, -0.15) is 28.3 Å². The Labute approximate surface area is 206 Å². The maximum Gasteiger partial charge on any atom is 0.508 e. The summed E-state index contributed by atoms with van der Waals surface area (Å²) in [6.45, 7) is 3.90. The number of carbonyl (C=O) groups is 2. The van der Waals surface area contributed by atoms with Crippen LogP contribution < -0.4 is 0 Å². The van der Waals surface area contributed by atoms with Crippen LogP contribution in [0.1, 0.15) is 30.0 Å². The summed E-state index contributed by atoms with van der Waals surface area (Å²) in [5.41, 5.74) is -1.07. The Balaban J connectivity index is 1.69. The van der Waals surface area contributed by atoms with Crippen molar-refractivity contribution in [1.82, 2.24) is 20.0 Å². The lowest BCUT2D eigenvalue weighted by Crippen LogP contribution is -2.30. The van der Waals surface area contributed by atoms with Crippen molar-refractivity contribution in [2.24, 2.45) is 5.41 Å². The molecule has 3 aromatic rings. The van der Waals surface area contributed by atoms with E-state index in [9.17, 15) is 28.0 Å². The van der Waals surface area contributed by atoms with E-state index in [1.807, 2.05) is 6.07 Å². The number of benzene rings is 1. The maximum atomic E-state index is 12.8. The van der Waals surface area contributed by atoms with Crippen LogP contribution in [-0.4, -0.2) is 50.4 Å². The molecule has 2 aromatic heterocycles. The average molecular weight is 523 g/mol. The van der Waals surface area contributed by atoms with Gasteiger partial charge in [0.1, 0.15) is 30.0 Å². The molecule has 190 valence electrons. The molecule has 36 heavy (non-hydrogen) atoms. The highest BCUT2D eigenvalue weighted by atomic mass is 32.1. The number of halogens is 3. The van der Waals surface area contributed by atoms with Gasteiger partial charge in [-0.1, -0.05) is 12.1 Å². The van der Waals surface area contributed by atoms with Gasteiger partial charge in [-0.3, -0.25) is 4.79 Å². The average Bonchev–Trinajstić information content (AvgIpc) is 3.40. The molecule has 0 saturated carbocycles. The minimum Gasteiger partial charge on any atom is -0.481 e. The molecular weight excluding hydrogens is 503 g/mol. The van der Waals surface area contributed by atoms with Crippen LogP contribution in [-0.2, 0) is 27.0 Å². The summed E-state index contributed by atoms with van der Waals surface area (Å²) in [4.78, 5) is 29.0. The first-order valence-electron chi connectivity index (χ1n) is 10.4. The van der Waals surface area contributed by atoms with Crippen LogP contribution >= 0.6 is 11.3 Å². The van der Waals surface area contributed by atoms with E-state index in [-0.39, 0.29) is 31.1 Å². The number of nitrogens with zero attached hydrogens (tertiary/aromatic N) is 5. The van der Waals surface area contributed by atoms with Crippen molar-refractivity contribution in [1.29, 1.82) is 5.26 Å². The van der Waals surface area contributed by atoms with E-state index in [1.165, 1.54) is 37.3 Å². The number of aromatic nitrogens is 4. The Bertz CT molecular complexity index is 1310. The Morgan fingerprint density at radius 3 is 2.39 bits per heavy atom. The minimum absolute atomic E-state index is 0.0267. The van der Waals surface area contributed by atoms with Gasteiger partial charge >= 0.3 is 18.3 Å². The second kappa shape index (κ2) is 10.3. The molecule has 3 rings (SSSR count). The van der Waals surface area contributed by atoms with E-state index in [4.69, 9.17) is 14.6 Å². The van der Waals surface area contributed by atoms with Gasteiger partial charge in [-0.15, -0.1) is 16.4 Å². The summed E-state index contributed by atoms with van der Waals surface area (Å²) in [7, 11) is 0. The molecule has 0 saturated heterocycles. The Morgan fingerprint density at radius 2 is 1.81 bits per heavy atom. The summed E-state index contributed by atoms with van der Waals surface area (Å²) < 4.78 is 48.2. The number of alkyl halides is 3. The van der Waals surface area contributed by atoms with Gasteiger partial charge in [-0.05, 0) is 32.9 Å². The molecule has 2 heterocycles. The summed E-state index contributed by atoms with van der Waals surface area (Å²) in [5.74, 6) is -1.13. The lowest BCUT2D eigenvalue weighted by molar-refractivity contribution is -0.149. The highest BCUT2D eigenvalue weighted by Gasteiger charge is 2.31. The number of aryl methyl sites for hydroxylation is 1. The molecule has 1 N–H and O–H groups in total. The van der Waals surface area contributed by atoms with Crippen LogP contribution in [0.4, 0.5) is 18.0 Å². The zero-order valence-electron chi connectivity index (χ0n) is 19.3. The van der Waals surface area contributed by atoms with Crippen molar-refractivity contribution in [3.63, 3.8) is 0 Å². The van der Waals surface area contributed by atoms with Crippen LogP contribution in [0.2, 0.25) is 0 Å².